The molecule has 1 nitrogen and oxygen atoms in total. The fourth-order valence-corrected chi connectivity index (χ4v) is 5.05. The van der Waals surface area contributed by atoms with Crippen LogP contribution in [0, 0.1) is 0 Å². The molecule has 0 radical (unpaired) electrons. The lowest BCUT2D eigenvalue weighted by Crippen LogP contribution is -1.91. The van der Waals surface area contributed by atoms with E-state index >= 15 is 0 Å². The van der Waals surface area contributed by atoms with Gasteiger partial charge in [-0.2, -0.15) is 0 Å². The van der Waals surface area contributed by atoms with Crippen molar-refractivity contribution < 1.29 is 25.0 Å². The predicted molar refractivity (Wildman–Crippen MR) is 164 cm³/mol. The smallest absolute Gasteiger partial charge is 0.136 e. The van der Waals surface area contributed by atoms with Gasteiger partial charge in [-0.25, -0.2) is 0 Å². The molecule has 1 aromatic heterocycles. The van der Waals surface area contributed by atoms with E-state index in [1.165, 1.54) is 0 Å². The molecule has 0 unspecified atom stereocenters. The zero-order valence-corrected chi connectivity index (χ0v) is 18.9. The average Bonchev–Trinajstić information content (AvgIpc) is 3.51. The summed E-state index contributed by atoms with van der Waals surface area (Å²) in [6.07, 6.45) is 0. The Hall–Kier alpha value is -4.88. The first-order valence-electron chi connectivity index (χ1n) is 19.0. The van der Waals surface area contributed by atoms with Crippen LogP contribution in [0.15, 0.2) is 138 Å². The summed E-state index contributed by atoms with van der Waals surface area (Å²) in [4.78, 5) is 0. The average molecular weight is 502 g/mol. The van der Waals surface area contributed by atoms with Crippen LogP contribution < -0.4 is 0 Å². The molecule has 0 N–H and O–H groups in total. The minimum atomic E-state index is -0.755. The second-order valence-corrected chi connectivity index (χ2v) is 8.56. The van der Waals surface area contributed by atoms with Crippen LogP contribution in [0.2, 0.25) is 0 Å². The molecule has 0 aliphatic carbocycles. The number of rotatable bonds is 2. The lowest BCUT2D eigenvalue weighted by atomic mass is 9.84. The first-order chi connectivity index (χ1) is 24.6. The first-order valence-corrected chi connectivity index (χ1v) is 11.5. The Balaban J connectivity index is 0.00000435. The minimum absolute atomic E-state index is 0. The third-order valence-corrected chi connectivity index (χ3v) is 6.60. The summed E-state index contributed by atoms with van der Waals surface area (Å²) in [6.45, 7) is 0. The summed E-state index contributed by atoms with van der Waals surface area (Å²) in [6, 6.07) is 2.14. The third kappa shape index (κ3) is 3.19. The van der Waals surface area contributed by atoms with Crippen molar-refractivity contribution in [2.24, 2.45) is 0 Å². The summed E-state index contributed by atoms with van der Waals surface area (Å²) in [7, 11) is 0. The van der Waals surface area contributed by atoms with Crippen LogP contribution >= 0.6 is 0 Å². The van der Waals surface area contributed by atoms with E-state index in [9.17, 15) is 5.48 Å². The van der Waals surface area contributed by atoms with Gasteiger partial charge in [0, 0.05) is 10.8 Å². The number of hydrogen-bond donors (Lipinski definition) is 0. The predicted octanol–water partition coefficient (Wildman–Crippen LogP) is 11.0. The van der Waals surface area contributed by atoms with Gasteiger partial charge in [0.2, 0.25) is 0 Å². The van der Waals surface area contributed by atoms with E-state index in [0.717, 1.165) is 10.8 Å². The van der Waals surface area contributed by atoms with Crippen LogP contribution in [0.4, 0.5) is 0 Å². The Labute approximate surface area is 242 Å². The summed E-state index contributed by atoms with van der Waals surface area (Å²) in [5.74, 6) is 0. The molecule has 38 heavy (non-hydrogen) atoms. The van der Waals surface area contributed by atoms with E-state index in [2.05, 4.69) is 0 Å². The molecule has 0 spiro atoms. The third-order valence-electron chi connectivity index (χ3n) is 6.60. The summed E-state index contributed by atoms with van der Waals surface area (Å²) < 4.78 is 139. The van der Waals surface area contributed by atoms with Gasteiger partial charge >= 0.3 is 0 Å². The SMILES string of the molecule is C.[2H]c1c([2H])c([2H])c2c(-c3c4c([2H])c([2H])c([2H])c([2H])c4c(-c4ccc5c(c4)oc4ccccc45)c4c([2H])c([2H])c([2H])c([2H])c34)c([2H])c([2H])c([2H])c2c1[2H]. The largest absolute Gasteiger partial charge is 0.456 e. The van der Waals surface area contributed by atoms with Gasteiger partial charge in [0.1, 0.15) is 11.2 Å². The van der Waals surface area contributed by atoms with Gasteiger partial charge in [0.25, 0.3) is 0 Å². The molecule has 0 fully saturated rings. The van der Waals surface area contributed by atoms with Crippen LogP contribution in [-0.2, 0) is 0 Å². The first kappa shape index (κ1) is 11.7. The lowest BCUT2D eigenvalue weighted by Gasteiger charge is -2.18. The normalized spacial score (nSPS) is 17.0. The highest BCUT2D eigenvalue weighted by molar-refractivity contribution is 6.24. The molecular formula is C37H26O. The molecule has 8 rings (SSSR count). The van der Waals surface area contributed by atoms with Crippen molar-refractivity contribution in [3.8, 4) is 22.3 Å². The Bertz CT molecular complexity index is 2880. The molecule has 1 heteroatoms. The molecule has 0 atom stereocenters. The molecule has 1 heterocycles. The van der Waals surface area contributed by atoms with Crippen molar-refractivity contribution in [2.75, 3.05) is 0 Å². The van der Waals surface area contributed by atoms with Gasteiger partial charge in [0.15, 0.2) is 0 Å². The number of para-hydroxylation sites is 1. The molecular weight excluding hydrogens is 460 g/mol. The fraction of sp³-hybridized carbons (Fsp3) is 0.0270. The van der Waals surface area contributed by atoms with Crippen LogP contribution in [0.1, 0.15) is 28.0 Å². The van der Waals surface area contributed by atoms with Gasteiger partial charge in [-0.3, -0.25) is 0 Å². The van der Waals surface area contributed by atoms with E-state index < -0.39 is 107 Å². The maximum Gasteiger partial charge on any atom is 0.136 e. The number of hydrogen-bond acceptors (Lipinski definition) is 1. The highest BCUT2D eigenvalue weighted by atomic mass is 16.3. The Morgan fingerprint density at radius 1 is 0.474 bits per heavy atom. The van der Waals surface area contributed by atoms with Crippen molar-refractivity contribution in [1.29, 1.82) is 0 Å². The molecule has 8 aromatic rings. The zero-order valence-electron chi connectivity index (χ0n) is 33.9. The van der Waals surface area contributed by atoms with Crippen molar-refractivity contribution in [3.05, 3.63) is 133 Å². The second-order valence-electron chi connectivity index (χ2n) is 8.56. The van der Waals surface area contributed by atoms with Gasteiger partial charge < -0.3 is 4.42 Å². The second kappa shape index (κ2) is 8.61. The summed E-state index contributed by atoms with van der Waals surface area (Å²) in [5.41, 5.74) is 0.469. The van der Waals surface area contributed by atoms with E-state index in [1.807, 2.05) is 12.1 Å². The molecule has 0 saturated carbocycles. The van der Waals surface area contributed by atoms with E-state index in [4.69, 9.17) is 19.5 Å². The minimum Gasteiger partial charge on any atom is -0.456 e. The number of benzene rings is 7. The molecule has 180 valence electrons. The summed E-state index contributed by atoms with van der Waals surface area (Å²) >= 11 is 0. The van der Waals surface area contributed by atoms with E-state index in [-0.39, 0.29) is 45.7 Å². The topological polar surface area (TPSA) is 13.1 Å². The zero-order chi connectivity index (χ0) is 37.4. The molecule has 7 aromatic carbocycles. The maximum absolute atomic E-state index is 9.22. The van der Waals surface area contributed by atoms with Crippen molar-refractivity contribution in [2.45, 2.75) is 7.43 Å². The van der Waals surface area contributed by atoms with Gasteiger partial charge in [-0.1, -0.05) is 122 Å². The monoisotopic (exact) mass is 501 g/mol. The van der Waals surface area contributed by atoms with Crippen LogP contribution in [-0.4, -0.2) is 0 Å². The van der Waals surface area contributed by atoms with Crippen molar-refractivity contribution in [1.82, 2.24) is 0 Å². The maximum atomic E-state index is 9.22. The Morgan fingerprint density at radius 2 is 1.05 bits per heavy atom. The quantitative estimate of drug-likeness (QED) is 0.215. The number of furan rings is 1. The molecule has 0 bridgehead atoms. The van der Waals surface area contributed by atoms with Crippen molar-refractivity contribution >= 4 is 54.3 Å². The molecule has 0 saturated heterocycles. The van der Waals surface area contributed by atoms with Crippen molar-refractivity contribution in [3.63, 3.8) is 0 Å². The van der Waals surface area contributed by atoms with Crippen LogP contribution in [0.25, 0.3) is 76.5 Å². The molecule has 0 amide bonds. The Kier molecular flexibility index (Phi) is 2.64. The molecule has 0 aliphatic rings. The Morgan fingerprint density at radius 3 is 1.79 bits per heavy atom. The van der Waals surface area contributed by atoms with Gasteiger partial charge in [0.05, 0.1) is 20.6 Å². The van der Waals surface area contributed by atoms with Crippen LogP contribution in [0.5, 0.6) is 0 Å². The standard InChI is InChI=1S/C36H22O.CH4/c1-2-12-25-23(10-1)11-9-18-28(25)36-31-16-5-3-14-29(31)35(30-15-4-6-17-32(30)36)24-20-21-27-26-13-7-8-19-33(26)37-34(27)22-24;/h1-22H;1H4/i1D,2D,3D,4D,5D,6D,9D,10D,11D,12D,14D,15D,16D,17D,18D;. The van der Waals surface area contributed by atoms with Gasteiger partial charge in [-0.05, 0) is 72.8 Å². The lowest BCUT2D eigenvalue weighted by molar-refractivity contribution is 0.669. The van der Waals surface area contributed by atoms with Crippen LogP contribution in [0.3, 0.4) is 0 Å². The fourth-order valence-electron chi connectivity index (χ4n) is 5.05. The molecule has 0 aliphatic heterocycles. The number of fused-ring (bicyclic) bond motifs is 6. The van der Waals surface area contributed by atoms with E-state index in [0.29, 0.717) is 11.2 Å². The van der Waals surface area contributed by atoms with E-state index in [1.54, 1.807) is 30.3 Å². The van der Waals surface area contributed by atoms with Gasteiger partial charge in [-0.15, -0.1) is 0 Å². The highest BCUT2D eigenvalue weighted by Gasteiger charge is 2.18. The summed E-state index contributed by atoms with van der Waals surface area (Å²) in [5, 5.41) is -0.286. The highest BCUT2D eigenvalue weighted by Crippen LogP contribution is 2.45.